The SMILES string of the molecule is CCC[C@H]1C(=O)N(C)C(=O)C1CC. The van der Waals surface area contributed by atoms with E-state index < -0.39 is 0 Å². The van der Waals surface area contributed by atoms with Crippen molar-refractivity contribution in [2.75, 3.05) is 7.05 Å². The predicted molar refractivity (Wildman–Crippen MR) is 50.0 cm³/mol. The molecule has 1 heterocycles. The van der Waals surface area contributed by atoms with Crippen LogP contribution in [0, 0.1) is 11.8 Å². The van der Waals surface area contributed by atoms with E-state index in [1.807, 2.05) is 13.8 Å². The fraction of sp³-hybridized carbons (Fsp3) is 0.800. The van der Waals surface area contributed by atoms with E-state index in [0.29, 0.717) is 0 Å². The molecule has 3 heteroatoms. The predicted octanol–water partition coefficient (Wildman–Crippen LogP) is 1.43. The molecular formula is C10H17NO2. The minimum Gasteiger partial charge on any atom is -0.285 e. The number of carbonyl (C=O) groups excluding carboxylic acids is 2. The molecule has 1 fully saturated rings. The van der Waals surface area contributed by atoms with Crippen LogP contribution in [0.3, 0.4) is 0 Å². The van der Waals surface area contributed by atoms with Crippen LogP contribution in [0.2, 0.25) is 0 Å². The van der Waals surface area contributed by atoms with E-state index in [2.05, 4.69) is 0 Å². The van der Waals surface area contributed by atoms with Crippen LogP contribution in [0.15, 0.2) is 0 Å². The van der Waals surface area contributed by atoms with Crippen LogP contribution >= 0.6 is 0 Å². The van der Waals surface area contributed by atoms with Gasteiger partial charge in [0.25, 0.3) is 0 Å². The molecule has 0 aliphatic carbocycles. The monoisotopic (exact) mass is 183 g/mol. The van der Waals surface area contributed by atoms with E-state index in [1.165, 1.54) is 4.90 Å². The van der Waals surface area contributed by atoms with Gasteiger partial charge in [0.2, 0.25) is 11.8 Å². The first-order valence-corrected chi connectivity index (χ1v) is 4.94. The highest BCUT2D eigenvalue weighted by atomic mass is 16.2. The van der Waals surface area contributed by atoms with Gasteiger partial charge >= 0.3 is 0 Å². The fourth-order valence-electron chi connectivity index (χ4n) is 2.05. The summed E-state index contributed by atoms with van der Waals surface area (Å²) >= 11 is 0. The second-order valence-electron chi connectivity index (χ2n) is 3.65. The van der Waals surface area contributed by atoms with Crippen molar-refractivity contribution in [1.82, 2.24) is 4.90 Å². The molecule has 74 valence electrons. The standard InChI is InChI=1S/C10H17NO2/c1-4-6-8-7(5-2)9(12)11(3)10(8)13/h7-8H,4-6H2,1-3H3/t7?,8-/m1/s1. The van der Waals surface area contributed by atoms with Gasteiger partial charge in [-0.25, -0.2) is 0 Å². The molecule has 0 bridgehead atoms. The number of likely N-dealkylation sites (tertiary alicyclic amines) is 1. The Hall–Kier alpha value is -0.860. The minimum absolute atomic E-state index is 0.00551. The van der Waals surface area contributed by atoms with Crippen LogP contribution in [-0.4, -0.2) is 23.8 Å². The van der Waals surface area contributed by atoms with Crippen molar-refractivity contribution >= 4 is 11.8 Å². The molecule has 1 aliphatic heterocycles. The zero-order valence-corrected chi connectivity index (χ0v) is 8.54. The summed E-state index contributed by atoms with van der Waals surface area (Å²) in [6, 6.07) is 0. The number of imide groups is 1. The third kappa shape index (κ3) is 1.60. The van der Waals surface area contributed by atoms with Gasteiger partial charge in [-0.2, -0.15) is 0 Å². The van der Waals surface area contributed by atoms with Gasteiger partial charge in [0.05, 0.1) is 5.92 Å². The first-order valence-electron chi connectivity index (χ1n) is 4.94. The van der Waals surface area contributed by atoms with Crippen molar-refractivity contribution in [3.63, 3.8) is 0 Å². The third-order valence-corrected chi connectivity index (χ3v) is 2.82. The zero-order valence-electron chi connectivity index (χ0n) is 8.54. The van der Waals surface area contributed by atoms with Crippen molar-refractivity contribution in [2.24, 2.45) is 11.8 Å². The number of hydrogen-bond acceptors (Lipinski definition) is 2. The van der Waals surface area contributed by atoms with Gasteiger partial charge < -0.3 is 0 Å². The summed E-state index contributed by atoms with van der Waals surface area (Å²) in [5, 5.41) is 0. The normalized spacial score (nSPS) is 28.7. The van der Waals surface area contributed by atoms with Crippen LogP contribution in [0.5, 0.6) is 0 Å². The molecule has 2 atom stereocenters. The molecule has 2 amide bonds. The smallest absolute Gasteiger partial charge is 0.232 e. The van der Waals surface area contributed by atoms with Crippen LogP contribution in [0.25, 0.3) is 0 Å². The van der Waals surface area contributed by atoms with Gasteiger partial charge in [-0.05, 0) is 12.8 Å². The highest BCUT2D eigenvalue weighted by Gasteiger charge is 2.43. The van der Waals surface area contributed by atoms with Gasteiger partial charge in [-0.15, -0.1) is 0 Å². The van der Waals surface area contributed by atoms with Crippen molar-refractivity contribution < 1.29 is 9.59 Å². The number of nitrogens with zero attached hydrogens (tertiary/aromatic N) is 1. The summed E-state index contributed by atoms with van der Waals surface area (Å²) < 4.78 is 0. The van der Waals surface area contributed by atoms with Crippen LogP contribution in [0.4, 0.5) is 0 Å². The van der Waals surface area contributed by atoms with Gasteiger partial charge in [-0.3, -0.25) is 14.5 Å². The van der Waals surface area contributed by atoms with Crippen molar-refractivity contribution in [1.29, 1.82) is 0 Å². The number of hydrogen-bond donors (Lipinski definition) is 0. The molecule has 1 unspecified atom stereocenters. The summed E-state index contributed by atoms with van der Waals surface area (Å²) in [5.41, 5.74) is 0. The lowest BCUT2D eigenvalue weighted by atomic mass is 9.89. The summed E-state index contributed by atoms with van der Waals surface area (Å²) in [7, 11) is 1.59. The van der Waals surface area contributed by atoms with Gasteiger partial charge in [-0.1, -0.05) is 20.3 Å². The molecule has 1 saturated heterocycles. The van der Waals surface area contributed by atoms with Gasteiger partial charge in [0.1, 0.15) is 0 Å². The largest absolute Gasteiger partial charge is 0.285 e. The molecule has 0 spiro atoms. The van der Waals surface area contributed by atoms with E-state index in [4.69, 9.17) is 0 Å². The first-order chi connectivity index (χ1) is 6.13. The molecule has 13 heavy (non-hydrogen) atoms. The molecule has 0 radical (unpaired) electrons. The first kappa shape index (κ1) is 10.2. The maximum Gasteiger partial charge on any atom is 0.232 e. The second kappa shape index (κ2) is 3.90. The molecule has 0 saturated carbocycles. The second-order valence-corrected chi connectivity index (χ2v) is 3.65. The summed E-state index contributed by atoms with van der Waals surface area (Å²) in [6.45, 7) is 4.01. The summed E-state index contributed by atoms with van der Waals surface area (Å²) in [4.78, 5) is 24.4. The molecule has 0 aromatic rings. The Kier molecular flexibility index (Phi) is 3.07. The van der Waals surface area contributed by atoms with Crippen molar-refractivity contribution in [3.8, 4) is 0 Å². The Morgan fingerprint density at radius 1 is 1.15 bits per heavy atom. The molecule has 1 rings (SSSR count). The molecule has 0 aromatic carbocycles. The highest BCUT2D eigenvalue weighted by molar-refractivity contribution is 6.04. The Bertz CT molecular complexity index is 225. The molecule has 3 nitrogen and oxygen atoms in total. The average molecular weight is 183 g/mol. The number of carbonyl (C=O) groups is 2. The van der Waals surface area contributed by atoms with E-state index in [9.17, 15) is 9.59 Å². The number of rotatable bonds is 3. The lowest BCUT2D eigenvalue weighted by molar-refractivity contribution is -0.138. The van der Waals surface area contributed by atoms with Crippen LogP contribution in [0.1, 0.15) is 33.1 Å². The fourth-order valence-corrected chi connectivity index (χ4v) is 2.05. The Labute approximate surface area is 79.1 Å². The molecule has 0 aromatic heterocycles. The Morgan fingerprint density at radius 2 is 1.69 bits per heavy atom. The Morgan fingerprint density at radius 3 is 2.15 bits per heavy atom. The topological polar surface area (TPSA) is 37.4 Å². The van der Waals surface area contributed by atoms with Gasteiger partial charge in [0, 0.05) is 13.0 Å². The molecular weight excluding hydrogens is 166 g/mol. The average Bonchev–Trinajstić information content (AvgIpc) is 2.32. The van der Waals surface area contributed by atoms with Crippen LogP contribution in [-0.2, 0) is 9.59 Å². The highest BCUT2D eigenvalue weighted by Crippen LogP contribution is 2.30. The van der Waals surface area contributed by atoms with E-state index >= 15 is 0 Å². The van der Waals surface area contributed by atoms with E-state index in [0.717, 1.165) is 19.3 Å². The third-order valence-electron chi connectivity index (χ3n) is 2.82. The number of amides is 2. The minimum atomic E-state index is -0.0579. The lowest BCUT2D eigenvalue weighted by Gasteiger charge is -2.10. The maximum atomic E-state index is 11.6. The quantitative estimate of drug-likeness (QED) is 0.621. The van der Waals surface area contributed by atoms with E-state index in [-0.39, 0.29) is 23.7 Å². The maximum absolute atomic E-state index is 11.6. The molecule has 1 aliphatic rings. The Balaban J connectivity index is 2.81. The van der Waals surface area contributed by atoms with E-state index in [1.54, 1.807) is 7.05 Å². The van der Waals surface area contributed by atoms with Crippen molar-refractivity contribution in [3.05, 3.63) is 0 Å². The van der Waals surface area contributed by atoms with Gasteiger partial charge in [0.15, 0.2) is 0 Å². The lowest BCUT2D eigenvalue weighted by Crippen LogP contribution is -2.26. The van der Waals surface area contributed by atoms with Crippen LogP contribution < -0.4 is 0 Å². The molecule has 0 N–H and O–H groups in total. The summed E-state index contributed by atoms with van der Waals surface area (Å²) in [5.74, 6) is -0.0883. The summed E-state index contributed by atoms with van der Waals surface area (Å²) in [6.07, 6.45) is 2.58. The van der Waals surface area contributed by atoms with Crippen molar-refractivity contribution in [2.45, 2.75) is 33.1 Å². The zero-order chi connectivity index (χ0) is 10.0.